The highest BCUT2D eigenvalue weighted by Crippen LogP contribution is 1.95. The Balaban J connectivity index is 2.29. The molecule has 0 aliphatic rings. The van der Waals surface area contributed by atoms with Crippen molar-refractivity contribution in [2.45, 2.75) is 6.54 Å². The van der Waals surface area contributed by atoms with Gasteiger partial charge in [0, 0.05) is 18.6 Å². The van der Waals surface area contributed by atoms with Crippen LogP contribution in [0.4, 0.5) is 0 Å². The molecule has 2 heterocycles. The third-order valence-corrected chi connectivity index (χ3v) is 2.27. The first-order valence-electron chi connectivity index (χ1n) is 5.12. The molecule has 0 saturated heterocycles. The van der Waals surface area contributed by atoms with Gasteiger partial charge in [-0.3, -0.25) is 9.59 Å². The number of pyridine rings is 1. The molecule has 2 aromatic rings. The van der Waals surface area contributed by atoms with E-state index in [0.29, 0.717) is 0 Å². The van der Waals surface area contributed by atoms with Gasteiger partial charge in [0.1, 0.15) is 11.6 Å². The van der Waals surface area contributed by atoms with E-state index in [2.05, 4.69) is 9.97 Å². The summed E-state index contributed by atoms with van der Waals surface area (Å²) in [6.07, 6.45) is 4.35. The first-order chi connectivity index (χ1) is 8.72. The van der Waals surface area contributed by atoms with Crippen LogP contribution in [0, 0.1) is 11.3 Å². The zero-order valence-corrected chi connectivity index (χ0v) is 9.28. The van der Waals surface area contributed by atoms with E-state index in [1.54, 1.807) is 18.2 Å². The molecule has 0 bridgehead atoms. The first-order valence-corrected chi connectivity index (χ1v) is 5.12. The van der Waals surface area contributed by atoms with Crippen LogP contribution in [-0.2, 0) is 6.54 Å². The average molecular weight is 240 g/mol. The van der Waals surface area contributed by atoms with Crippen LogP contribution in [0.25, 0.3) is 0 Å². The molecule has 88 valence electrons. The maximum absolute atomic E-state index is 11.8. The molecule has 0 saturated carbocycles. The molecular weight excluding hydrogens is 232 g/mol. The van der Waals surface area contributed by atoms with E-state index < -0.39 is 5.56 Å². The van der Waals surface area contributed by atoms with Gasteiger partial charge in [-0.25, -0.2) is 9.97 Å². The summed E-state index contributed by atoms with van der Waals surface area (Å²) < 4.78 is 1.16. The van der Waals surface area contributed by atoms with Gasteiger partial charge in [-0.15, -0.1) is 0 Å². The van der Waals surface area contributed by atoms with E-state index in [-0.39, 0.29) is 23.7 Å². The summed E-state index contributed by atoms with van der Waals surface area (Å²) in [7, 11) is 0. The molecule has 0 spiro atoms. The van der Waals surface area contributed by atoms with Crippen molar-refractivity contribution in [3.8, 4) is 6.07 Å². The van der Waals surface area contributed by atoms with Crippen molar-refractivity contribution in [3.05, 3.63) is 58.5 Å². The maximum atomic E-state index is 11.8. The molecule has 18 heavy (non-hydrogen) atoms. The second kappa shape index (κ2) is 5.01. The molecule has 0 amide bonds. The topological polar surface area (TPSA) is 88.6 Å². The Morgan fingerprint density at radius 1 is 1.33 bits per heavy atom. The third kappa shape index (κ3) is 2.30. The lowest BCUT2D eigenvalue weighted by molar-refractivity contribution is 0.0960. The Hall–Kier alpha value is -2.81. The van der Waals surface area contributed by atoms with E-state index in [1.807, 2.05) is 0 Å². The number of carbonyl (C=O) groups is 1. The predicted molar refractivity (Wildman–Crippen MR) is 61.8 cm³/mol. The molecular formula is C12H8N4O2. The Labute approximate surface area is 102 Å². The van der Waals surface area contributed by atoms with Crippen LogP contribution in [-0.4, -0.2) is 20.3 Å². The number of rotatable bonds is 3. The first kappa shape index (κ1) is 11.7. The highest BCUT2D eigenvalue weighted by atomic mass is 16.1. The van der Waals surface area contributed by atoms with Crippen molar-refractivity contribution in [3.63, 3.8) is 0 Å². The highest BCUT2D eigenvalue weighted by molar-refractivity contribution is 5.92. The lowest BCUT2D eigenvalue weighted by Gasteiger charge is -2.03. The van der Waals surface area contributed by atoms with Crippen LogP contribution >= 0.6 is 0 Å². The van der Waals surface area contributed by atoms with Crippen LogP contribution < -0.4 is 5.56 Å². The Morgan fingerprint density at radius 3 is 2.72 bits per heavy atom. The van der Waals surface area contributed by atoms with E-state index in [9.17, 15) is 9.59 Å². The number of hydrogen-bond donors (Lipinski definition) is 0. The summed E-state index contributed by atoms with van der Waals surface area (Å²) in [6, 6.07) is 6.32. The van der Waals surface area contributed by atoms with Crippen molar-refractivity contribution in [1.29, 1.82) is 5.26 Å². The molecule has 0 fully saturated rings. The number of hydrogen-bond acceptors (Lipinski definition) is 5. The second-order valence-corrected chi connectivity index (χ2v) is 3.46. The molecule has 0 aromatic carbocycles. The van der Waals surface area contributed by atoms with Gasteiger partial charge in [-0.05, 0) is 18.2 Å². The quantitative estimate of drug-likeness (QED) is 0.724. The number of aromatic nitrogens is 3. The Bertz CT molecular complexity index is 670. The van der Waals surface area contributed by atoms with Gasteiger partial charge in [-0.2, -0.15) is 5.26 Å². The standard InChI is InChI=1S/C12H8N4O2/c13-7-9-3-1-6-16(12(9)18)8-10(17)11-14-4-2-5-15-11/h1-6H,8H2. The lowest BCUT2D eigenvalue weighted by Crippen LogP contribution is -2.26. The van der Waals surface area contributed by atoms with Crippen LogP contribution in [0.5, 0.6) is 0 Å². The van der Waals surface area contributed by atoms with Crippen molar-refractivity contribution < 1.29 is 4.79 Å². The van der Waals surface area contributed by atoms with Crippen LogP contribution in [0.3, 0.4) is 0 Å². The molecule has 0 N–H and O–H groups in total. The maximum Gasteiger partial charge on any atom is 0.268 e. The molecule has 6 heteroatoms. The highest BCUT2D eigenvalue weighted by Gasteiger charge is 2.11. The van der Waals surface area contributed by atoms with Crippen molar-refractivity contribution in [2.24, 2.45) is 0 Å². The molecule has 0 unspecified atom stereocenters. The monoisotopic (exact) mass is 240 g/mol. The fourth-order valence-electron chi connectivity index (χ4n) is 1.41. The summed E-state index contributed by atoms with van der Waals surface area (Å²) in [4.78, 5) is 31.1. The lowest BCUT2D eigenvalue weighted by atomic mass is 10.3. The van der Waals surface area contributed by atoms with Gasteiger partial charge in [0.25, 0.3) is 5.56 Å². The zero-order chi connectivity index (χ0) is 13.0. The van der Waals surface area contributed by atoms with Gasteiger partial charge in [0.2, 0.25) is 5.78 Å². The van der Waals surface area contributed by atoms with Gasteiger partial charge in [0.05, 0.1) is 6.54 Å². The SMILES string of the molecule is N#Cc1cccn(CC(=O)c2ncccn2)c1=O. The fraction of sp³-hybridized carbons (Fsp3) is 0.0833. The van der Waals surface area contributed by atoms with E-state index in [4.69, 9.17) is 5.26 Å². The van der Waals surface area contributed by atoms with Crippen LogP contribution in [0.15, 0.2) is 41.6 Å². The molecule has 2 rings (SSSR count). The molecule has 0 aliphatic heterocycles. The normalized spacial score (nSPS) is 9.72. The van der Waals surface area contributed by atoms with Crippen LogP contribution in [0.1, 0.15) is 16.2 Å². The summed E-state index contributed by atoms with van der Waals surface area (Å²) in [6.45, 7) is -0.182. The minimum atomic E-state index is -0.496. The number of Topliss-reactive ketones (excluding diaryl/α,β-unsaturated/α-hetero) is 1. The van der Waals surface area contributed by atoms with Gasteiger partial charge < -0.3 is 4.57 Å². The second-order valence-electron chi connectivity index (χ2n) is 3.46. The Kier molecular flexibility index (Phi) is 3.25. The molecule has 0 aliphatic carbocycles. The number of carbonyl (C=O) groups excluding carboxylic acids is 1. The molecule has 2 aromatic heterocycles. The molecule has 0 atom stereocenters. The zero-order valence-electron chi connectivity index (χ0n) is 9.28. The Morgan fingerprint density at radius 2 is 2.06 bits per heavy atom. The number of nitriles is 1. The minimum absolute atomic E-state index is 0.000667. The predicted octanol–water partition coefficient (Wildman–Crippen LogP) is 0.393. The summed E-state index contributed by atoms with van der Waals surface area (Å²) in [5.41, 5.74) is -0.497. The number of ketones is 1. The third-order valence-electron chi connectivity index (χ3n) is 2.27. The van der Waals surface area contributed by atoms with Crippen LogP contribution in [0.2, 0.25) is 0 Å². The van der Waals surface area contributed by atoms with E-state index in [0.717, 1.165) is 4.57 Å². The fourth-order valence-corrected chi connectivity index (χ4v) is 1.41. The van der Waals surface area contributed by atoms with E-state index >= 15 is 0 Å². The molecule has 6 nitrogen and oxygen atoms in total. The van der Waals surface area contributed by atoms with Gasteiger partial charge in [0.15, 0.2) is 5.82 Å². The minimum Gasteiger partial charge on any atom is -0.306 e. The average Bonchev–Trinajstić information content (AvgIpc) is 2.42. The van der Waals surface area contributed by atoms with Crippen molar-refractivity contribution in [1.82, 2.24) is 14.5 Å². The summed E-state index contributed by atoms with van der Waals surface area (Å²) in [5.74, 6) is -0.334. The molecule has 0 radical (unpaired) electrons. The number of nitrogens with zero attached hydrogens (tertiary/aromatic N) is 4. The largest absolute Gasteiger partial charge is 0.306 e. The van der Waals surface area contributed by atoms with Gasteiger partial charge in [-0.1, -0.05) is 0 Å². The van der Waals surface area contributed by atoms with Crippen molar-refractivity contribution >= 4 is 5.78 Å². The van der Waals surface area contributed by atoms with E-state index in [1.165, 1.54) is 24.7 Å². The summed E-state index contributed by atoms with van der Waals surface area (Å²) >= 11 is 0. The smallest absolute Gasteiger partial charge is 0.268 e. The van der Waals surface area contributed by atoms with Crippen molar-refractivity contribution in [2.75, 3.05) is 0 Å². The van der Waals surface area contributed by atoms with Gasteiger partial charge >= 0.3 is 0 Å². The summed E-state index contributed by atoms with van der Waals surface area (Å²) in [5, 5.41) is 8.72.